The molecular weight excluding hydrogens is 202 g/mol. The Labute approximate surface area is 95.5 Å². The molecule has 1 aromatic rings. The van der Waals surface area contributed by atoms with Crippen LogP contribution in [0.1, 0.15) is 30.1 Å². The van der Waals surface area contributed by atoms with Crippen molar-refractivity contribution < 1.29 is 9.90 Å². The number of terminal acetylenes is 1. The highest BCUT2D eigenvalue weighted by Gasteiger charge is 2.10. The average Bonchev–Trinajstić information content (AvgIpc) is 2.29. The first-order valence-electron chi connectivity index (χ1n) is 5.23. The van der Waals surface area contributed by atoms with Gasteiger partial charge in [-0.1, -0.05) is 19.3 Å². The Morgan fingerprint density at radius 2 is 2.12 bits per heavy atom. The van der Waals surface area contributed by atoms with Crippen LogP contribution in [0.4, 0.5) is 0 Å². The minimum atomic E-state index is -0.230. The third-order valence-electron chi connectivity index (χ3n) is 2.21. The Kier molecular flexibility index (Phi) is 4.41. The van der Waals surface area contributed by atoms with Crippen LogP contribution in [-0.4, -0.2) is 17.1 Å². The van der Waals surface area contributed by atoms with Crippen LogP contribution >= 0.6 is 0 Å². The molecule has 16 heavy (non-hydrogen) atoms. The van der Waals surface area contributed by atoms with Crippen molar-refractivity contribution in [3.8, 4) is 18.1 Å². The summed E-state index contributed by atoms with van der Waals surface area (Å²) in [7, 11) is 0. The number of carbonyl (C=O) groups is 1. The maximum absolute atomic E-state index is 11.7. The third-order valence-corrected chi connectivity index (χ3v) is 2.21. The summed E-state index contributed by atoms with van der Waals surface area (Å²) in [5.41, 5.74) is 0.495. The zero-order valence-corrected chi connectivity index (χ0v) is 9.23. The Bertz CT molecular complexity index is 389. The summed E-state index contributed by atoms with van der Waals surface area (Å²) >= 11 is 0. The second-order valence-corrected chi connectivity index (χ2v) is 3.53. The first kappa shape index (κ1) is 12.1. The average molecular weight is 217 g/mol. The van der Waals surface area contributed by atoms with E-state index in [9.17, 15) is 4.79 Å². The lowest BCUT2D eigenvalue weighted by atomic mass is 10.1. The van der Waals surface area contributed by atoms with Gasteiger partial charge < -0.3 is 10.4 Å². The molecule has 1 amide bonds. The van der Waals surface area contributed by atoms with Crippen LogP contribution in [0.5, 0.6) is 5.75 Å². The predicted molar refractivity (Wildman–Crippen MR) is 63.1 cm³/mol. The molecule has 84 valence electrons. The molecule has 0 bridgehead atoms. The van der Waals surface area contributed by atoms with Gasteiger partial charge in [-0.25, -0.2) is 0 Å². The van der Waals surface area contributed by atoms with E-state index in [1.54, 1.807) is 12.1 Å². The van der Waals surface area contributed by atoms with Crippen LogP contribution in [0, 0.1) is 12.3 Å². The first-order chi connectivity index (χ1) is 7.67. The van der Waals surface area contributed by atoms with E-state index < -0.39 is 0 Å². The number of aromatic hydroxyl groups is 1. The molecule has 0 saturated carbocycles. The normalized spacial score (nSPS) is 11.5. The fraction of sp³-hybridized carbons (Fsp3) is 0.308. The monoisotopic (exact) mass is 217 g/mol. The number of hydrogen-bond donors (Lipinski definition) is 2. The molecule has 0 aliphatic rings. The van der Waals surface area contributed by atoms with E-state index in [0.717, 1.165) is 12.8 Å². The number of phenolic OH excluding ortho intramolecular Hbond substituents is 1. The summed E-state index contributed by atoms with van der Waals surface area (Å²) < 4.78 is 0. The molecule has 3 heteroatoms. The Morgan fingerprint density at radius 3 is 2.62 bits per heavy atom. The predicted octanol–water partition coefficient (Wildman–Crippen LogP) is 1.92. The SMILES string of the molecule is C#CC(CCC)NC(=O)c1ccc(O)cc1. The Morgan fingerprint density at radius 1 is 1.50 bits per heavy atom. The maximum Gasteiger partial charge on any atom is 0.252 e. The molecule has 0 aliphatic carbocycles. The van der Waals surface area contributed by atoms with Crippen molar-refractivity contribution in [1.29, 1.82) is 0 Å². The molecule has 0 aromatic heterocycles. The van der Waals surface area contributed by atoms with E-state index >= 15 is 0 Å². The van der Waals surface area contributed by atoms with E-state index in [1.807, 2.05) is 6.92 Å². The third kappa shape index (κ3) is 3.32. The highest BCUT2D eigenvalue weighted by atomic mass is 16.3. The highest BCUT2D eigenvalue weighted by Crippen LogP contribution is 2.09. The van der Waals surface area contributed by atoms with E-state index in [1.165, 1.54) is 12.1 Å². The lowest BCUT2D eigenvalue weighted by Crippen LogP contribution is -2.33. The molecule has 1 atom stereocenters. The molecule has 1 unspecified atom stereocenters. The van der Waals surface area contributed by atoms with Gasteiger partial charge in [0, 0.05) is 5.56 Å². The molecule has 1 rings (SSSR count). The second kappa shape index (κ2) is 5.82. The van der Waals surface area contributed by atoms with Crippen LogP contribution in [0.2, 0.25) is 0 Å². The van der Waals surface area contributed by atoms with Crippen molar-refractivity contribution in [3.05, 3.63) is 29.8 Å². The number of hydrogen-bond acceptors (Lipinski definition) is 2. The fourth-order valence-corrected chi connectivity index (χ4v) is 1.34. The van der Waals surface area contributed by atoms with Crippen molar-refractivity contribution in [2.45, 2.75) is 25.8 Å². The van der Waals surface area contributed by atoms with E-state index in [2.05, 4.69) is 11.2 Å². The zero-order chi connectivity index (χ0) is 12.0. The molecule has 0 spiro atoms. The van der Waals surface area contributed by atoms with Gasteiger partial charge in [-0.3, -0.25) is 4.79 Å². The lowest BCUT2D eigenvalue weighted by Gasteiger charge is -2.11. The van der Waals surface area contributed by atoms with Crippen molar-refractivity contribution in [2.75, 3.05) is 0 Å². The van der Waals surface area contributed by atoms with E-state index in [4.69, 9.17) is 11.5 Å². The summed E-state index contributed by atoms with van der Waals surface area (Å²) in [6.07, 6.45) is 6.99. The van der Waals surface area contributed by atoms with Crippen LogP contribution in [-0.2, 0) is 0 Å². The van der Waals surface area contributed by atoms with Gasteiger partial charge in [0.05, 0.1) is 6.04 Å². The summed E-state index contributed by atoms with van der Waals surface area (Å²) in [5, 5.41) is 11.8. The number of phenols is 1. The van der Waals surface area contributed by atoms with Gasteiger partial charge in [-0.15, -0.1) is 6.42 Å². The molecule has 3 nitrogen and oxygen atoms in total. The molecule has 0 heterocycles. The number of benzene rings is 1. The van der Waals surface area contributed by atoms with Gasteiger partial charge in [0.1, 0.15) is 5.75 Å². The van der Waals surface area contributed by atoms with Crippen LogP contribution in [0.25, 0.3) is 0 Å². The summed E-state index contributed by atoms with van der Waals surface area (Å²) in [6.45, 7) is 2.01. The van der Waals surface area contributed by atoms with Gasteiger partial charge >= 0.3 is 0 Å². The molecule has 1 aromatic carbocycles. The molecule has 0 radical (unpaired) electrons. The van der Waals surface area contributed by atoms with Crippen LogP contribution in [0.15, 0.2) is 24.3 Å². The second-order valence-electron chi connectivity index (χ2n) is 3.53. The van der Waals surface area contributed by atoms with Gasteiger partial charge in [0.2, 0.25) is 0 Å². The standard InChI is InChI=1S/C13H15NO2/c1-3-5-11(4-2)14-13(16)10-6-8-12(15)9-7-10/h2,6-9,11,15H,3,5H2,1H3,(H,14,16). The minimum Gasteiger partial charge on any atom is -0.508 e. The number of rotatable bonds is 4. The van der Waals surface area contributed by atoms with Crippen LogP contribution in [0.3, 0.4) is 0 Å². The Balaban J connectivity index is 2.65. The summed E-state index contributed by atoms with van der Waals surface area (Å²) in [5.74, 6) is 2.46. The molecule has 2 N–H and O–H groups in total. The number of amides is 1. The van der Waals surface area contributed by atoms with Crippen LogP contribution < -0.4 is 5.32 Å². The largest absolute Gasteiger partial charge is 0.508 e. The topological polar surface area (TPSA) is 49.3 Å². The van der Waals surface area contributed by atoms with Crippen molar-refractivity contribution in [2.24, 2.45) is 0 Å². The van der Waals surface area contributed by atoms with E-state index in [-0.39, 0.29) is 17.7 Å². The van der Waals surface area contributed by atoms with Crippen molar-refractivity contribution in [1.82, 2.24) is 5.32 Å². The molecule has 0 aliphatic heterocycles. The quantitative estimate of drug-likeness (QED) is 0.757. The van der Waals surface area contributed by atoms with Crippen molar-refractivity contribution in [3.63, 3.8) is 0 Å². The molecule has 0 fully saturated rings. The molecular formula is C13H15NO2. The maximum atomic E-state index is 11.7. The van der Waals surface area contributed by atoms with E-state index in [0.29, 0.717) is 5.56 Å². The number of carbonyl (C=O) groups excluding carboxylic acids is 1. The number of nitrogens with one attached hydrogen (secondary N) is 1. The minimum absolute atomic E-state index is 0.138. The van der Waals surface area contributed by atoms with Gasteiger partial charge in [0.25, 0.3) is 5.91 Å². The fourth-order valence-electron chi connectivity index (χ4n) is 1.34. The lowest BCUT2D eigenvalue weighted by molar-refractivity contribution is 0.0944. The van der Waals surface area contributed by atoms with Gasteiger partial charge in [0.15, 0.2) is 0 Å². The summed E-state index contributed by atoms with van der Waals surface area (Å²) in [4.78, 5) is 11.7. The Hall–Kier alpha value is -1.95. The summed E-state index contributed by atoms with van der Waals surface area (Å²) in [6, 6.07) is 5.83. The zero-order valence-electron chi connectivity index (χ0n) is 9.23. The smallest absolute Gasteiger partial charge is 0.252 e. The molecule has 0 saturated heterocycles. The first-order valence-corrected chi connectivity index (χ1v) is 5.23. The van der Waals surface area contributed by atoms with Gasteiger partial charge in [-0.05, 0) is 30.7 Å². The van der Waals surface area contributed by atoms with Gasteiger partial charge in [-0.2, -0.15) is 0 Å². The highest BCUT2D eigenvalue weighted by molar-refractivity contribution is 5.94. The van der Waals surface area contributed by atoms with Crippen molar-refractivity contribution >= 4 is 5.91 Å².